The number of Topliss-reactive ketones (excluding diaryl/α,β-unsaturated/α-hetero) is 1. The van der Waals surface area contributed by atoms with Crippen LogP contribution in [0, 0.1) is 0 Å². The molecule has 6 rings (SSSR count). The molecule has 1 amide bonds. The summed E-state index contributed by atoms with van der Waals surface area (Å²) in [6.45, 7) is 4.69. The van der Waals surface area contributed by atoms with Crippen LogP contribution in [0.15, 0.2) is 70.9 Å². The summed E-state index contributed by atoms with van der Waals surface area (Å²) >= 11 is 1.38. The number of azo groups is 1. The standard InChI is InChI=1S/C32H30N6O4S/c1-19(39)28-18-25-24-13-15-38(29(24)12-11-26(25)33-28)31(41)21-5-10-27-30(17-21)43-32(34-27)36-35-22-6-8-23(9-7-22)37(3)14-4-16-42-20(2)40/h5-12,17-18,33H,4,13-16H2,1-3H3. The third-order valence-corrected chi connectivity index (χ3v) is 8.40. The second-order valence-electron chi connectivity index (χ2n) is 10.5. The molecule has 1 N–H and O–H groups in total. The first-order valence-corrected chi connectivity index (χ1v) is 14.8. The van der Waals surface area contributed by atoms with E-state index in [-0.39, 0.29) is 17.7 Å². The Bertz CT molecular complexity index is 1890. The number of anilines is 2. The van der Waals surface area contributed by atoms with E-state index in [0.29, 0.717) is 35.2 Å². The van der Waals surface area contributed by atoms with Gasteiger partial charge in [0.05, 0.1) is 28.2 Å². The minimum atomic E-state index is -0.266. The molecular formula is C32H30N6O4S. The van der Waals surface area contributed by atoms with E-state index >= 15 is 0 Å². The summed E-state index contributed by atoms with van der Waals surface area (Å²) in [5.74, 6) is -0.354. The van der Waals surface area contributed by atoms with E-state index in [0.717, 1.165) is 57.4 Å². The molecule has 43 heavy (non-hydrogen) atoms. The highest BCUT2D eigenvalue weighted by Gasteiger charge is 2.28. The zero-order valence-electron chi connectivity index (χ0n) is 24.1. The summed E-state index contributed by atoms with van der Waals surface area (Å²) in [7, 11) is 1.98. The first kappa shape index (κ1) is 28.2. The Kier molecular flexibility index (Phi) is 7.73. The fourth-order valence-electron chi connectivity index (χ4n) is 5.28. The fourth-order valence-corrected chi connectivity index (χ4v) is 6.10. The molecule has 0 atom stereocenters. The molecule has 0 saturated carbocycles. The number of nitrogens with one attached hydrogen (secondary N) is 1. The van der Waals surface area contributed by atoms with Crippen LogP contribution in [-0.4, -0.2) is 54.4 Å². The first-order chi connectivity index (χ1) is 20.8. The lowest BCUT2D eigenvalue weighted by atomic mass is 10.1. The molecular weight excluding hydrogens is 564 g/mol. The van der Waals surface area contributed by atoms with Crippen molar-refractivity contribution in [1.29, 1.82) is 0 Å². The first-order valence-electron chi connectivity index (χ1n) is 14.0. The lowest BCUT2D eigenvalue weighted by Crippen LogP contribution is -2.28. The van der Waals surface area contributed by atoms with Crippen LogP contribution in [0.4, 0.5) is 22.2 Å². The van der Waals surface area contributed by atoms with E-state index in [1.54, 1.807) is 17.9 Å². The van der Waals surface area contributed by atoms with Crippen LogP contribution in [0.25, 0.3) is 21.1 Å². The highest BCUT2D eigenvalue weighted by molar-refractivity contribution is 7.21. The molecule has 218 valence electrons. The predicted molar refractivity (Wildman–Crippen MR) is 168 cm³/mol. The van der Waals surface area contributed by atoms with Gasteiger partial charge in [-0.25, -0.2) is 4.98 Å². The van der Waals surface area contributed by atoms with E-state index in [4.69, 9.17) is 4.74 Å². The number of rotatable bonds is 9. The number of thiazole rings is 1. The summed E-state index contributed by atoms with van der Waals surface area (Å²) in [6, 6.07) is 19.0. The normalized spacial score (nSPS) is 12.8. The van der Waals surface area contributed by atoms with Crippen LogP contribution in [0.1, 0.15) is 46.7 Å². The zero-order chi connectivity index (χ0) is 30.1. The molecule has 10 nitrogen and oxygen atoms in total. The Morgan fingerprint density at radius 3 is 2.63 bits per heavy atom. The van der Waals surface area contributed by atoms with E-state index in [2.05, 4.69) is 25.1 Å². The van der Waals surface area contributed by atoms with Crippen LogP contribution in [0.3, 0.4) is 0 Å². The third kappa shape index (κ3) is 5.89. The lowest BCUT2D eigenvalue weighted by molar-refractivity contribution is -0.140. The van der Waals surface area contributed by atoms with Gasteiger partial charge in [-0.15, -0.1) is 10.2 Å². The Labute approximate surface area is 252 Å². The van der Waals surface area contributed by atoms with Crippen molar-refractivity contribution < 1.29 is 19.1 Å². The lowest BCUT2D eigenvalue weighted by Gasteiger charge is -2.19. The number of ketones is 1. The summed E-state index contributed by atoms with van der Waals surface area (Å²) in [5.41, 5.74) is 6.50. The molecule has 1 aliphatic rings. The zero-order valence-corrected chi connectivity index (χ0v) is 24.9. The number of carbonyl (C=O) groups excluding carboxylic acids is 3. The second kappa shape index (κ2) is 11.8. The molecule has 3 heterocycles. The van der Waals surface area contributed by atoms with Crippen molar-refractivity contribution in [3.8, 4) is 0 Å². The molecule has 5 aromatic rings. The number of aromatic amines is 1. The van der Waals surface area contributed by atoms with E-state index < -0.39 is 0 Å². The number of benzene rings is 3. The topological polar surface area (TPSA) is 120 Å². The highest BCUT2D eigenvalue weighted by atomic mass is 32.1. The molecule has 0 aliphatic carbocycles. The van der Waals surface area contributed by atoms with Crippen molar-refractivity contribution in [2.24, 2.45) is 10.2 Å². The largest absolute Gasteiger partial charge is 0.466 e. The van der Waals surface area contributed by atoms with E-state index in [1.807, 2.05) is 61.6 Å². The number of ether oxygens (including phenoxy) is 1. The smallest absolute Gasteiger partial charge is 0.302 e. The third-order valence-electron chi connectivity index (χ3n) is 7.50. The van der Waals surface area contributed by atoms with Gasteiger partial charge >= 0.3 is 5.97 Å². The predicted octanol–water partition coefficient (Wildman–Crippen LogP) is 6.99. The second-order valence-corrected chi connectivity index (χ2v) is 11.5. The van der Waals surface area contributed by atoms with Gasteiger partial charge in [-0.3, -0.25) is 14.4 Å². The Hall–Kier alpha value is -4.90. The number of esters is 1. The quantitative estimate of drug-likeness (QED) is 0.0850. The Morgan fingerprint density at radius 1 is 1.05 bits per heavy atom. The van der Waals surface area contributed by atoms with Crippen LogP contribution in [0.5, 0.6) is 0 Å². The molecule has 0 fully saturated rings. The van der Waals surface area contributed by atoms with E-state index in [9.17, 15) is 14.4 Å². The summed E-state index contributed by atoms with van der Waals surface area (Å²) in [6.07, 6.45) is 1.47. The van der Waals surface area contributed by atoms with Gasteiger partial charge in [-0.1, -0.05) is 11.3 Å². The molecule has 0 unspecified atom stereocenters. The SMILES string of the molecule is CC(=O)OCCCN(C)c1ccc(N=Nc2nc3ccc(C(=O)N4CCc5c4ccc4[nH]c(C(C)=O)cc54)cc3s2)cc1. The highest BCUT2D eigenvalue weighted by Crippen LogP contribution is 2.37. The average molecular weight is 595 g/mol. The minimum Gasteiger partial charge on any atom is -0.466 e. The number of amides is 1. The van der Waals surface area contributed by atoms with Crippen molar-refractivity contribution >= 4 is 72.3 Å². The number of nitrogens with zero attached hydrogens (tertiary/aromatic N) is 5. The molecule has 1 aliphatic heterocycles. The maximum absolute atomic E-state index is 13.6. The van der Waals surface area contributed by atoms with Gasteiger partial charge < -0.3 is 19.5 Å². The van der Waals surface area contributed by atoms with Gasteiger partial charge in [0.25, 0.3) is 5.91 Å². The maximum atomic E-state index is 13.6. The monoisotopic (exact) mass is 594 g/mol. The van der Waals surface area contributed by atoms with Gasteiger partial charge in [0.15, 0.2) is 5.78 Å². The van der Waals surface area contributed by atoms with Gasteiger partial charge in [-0.2, -0.15) is 0 Å². The number of fused-ring (bicyclic) bond motifs is 4. The number of hydrogen-bond acceptors (Lipinski definition) is 9. The molecule has 2 aromatic heterocycles. The molecule has 0 bridgehead atoms. The van der Waals surface area contributed by atoms with Crippen LogP contribution in [-0.2, 0) is 16.0 Å². The van der Waals surface area contributed by atoms with Crippen molar-refractivity contribution in [1.82, 2.24) is 9.97 Å². The van der Waals surface area contributed by atoms with Gasteiger partial charge in [0, 0.05) is 61.8 Å². The van der Waals surface area contributed by atoms with Gasteiger partial charge in [-0.05, 0) is 79.1 Å². The van der Waals surface area contributed by atoms with Gasteiger partial charge in [0.2, 0.25) is 5.13 Å². The number of aromatic nitrogens is 2. The van der Waals surface area contributed by atoms with Crippen molar-refractivity contribution in [2.45, 2.75) is 26.7 Å². The minimum absolute atomic E-state index is 0.0145. The van der Waals surface area contributed by atoms with E-state index in [1.165, 1.54) is 18.3 Å². The van der Waals surface area contributed by atoms with Gasteiger partial charge in [0.1, 0.15) is 0 Å². The summed E-state index contributed by atoms with van der Waals surface area (Å²) < 4.78 is 5.85. The van der Waals surface area contributed by atoms with Crippen LogP contribution < -0.4 is 9.80 Å². The van der Waals surface area contributed by atoms with Crippen molar-refractivity contribution in [3.63, 3.8) is 0 Å². The van der Waals surface area contributed by atoms with Crippen molar-refractivity contribution in [3.05, 3.63) is 77.5 Å². The molecule has 0 spiro atoms. The van der Waals surface area contributed by atoms with Crippen LogP contribution >= 0.6 is 11.3 Å². The summed E-state index contributed by atoms with van der Waals surface area (Å²) in [5, 5.41) is 10.2. The van der Waals surface area contributed by atoms with Crippen molar-refractivity contribution in [2.75, 3.05) is 36.5 Å². The summed E-state index contributed by atoms with van der Waals surface area (Å²) in [4.78, 5) is 48.0. The Balaban J connectivity index is 1.13. The fraction of sp³-hybridized carbons (Fsp3) is 0.250. The number of hydrogen-bond donors (Lipinski definition) is 1. The number of H-pyrrole nitrogens is 1. The number of carbonyl (C=O) groups is 3. The van der Waals surface area contributed by atoms with Crippen LogP contribution in [0.2, 0.25) is 0 Å². The maximum Gasteiger partial charge on any atom is 0.302 e. The Morgan fingerprint density at radius 2 is 1.86 bits per heavy atom. The molecule has 0 radical (unpaired) electrons. The molecule has 0 saturated heterocycles. The molecule has 3 aromatic carbocycles. The average Bonchev–Trinajstić information content (AvgIpc) is 3.73. The molecule has 11 heteroatoms.